The maximum absolute atomic E-state index is 13.4. The molecule has 10 atom stereocenters. The predicted octanol–water partition coefficient (Wildman–Crippen LogP) is 2.20. The van der Waals surface area contributed by atoms with Gasteiger partial charge in [0.15, 0.2) is 0 Å². The smallest absolute Gasteiger partial charge is 0.387 e. The van der Waals surface area contributed by atoms with Gasteiger partial charge < -0.3 is 20.6 Å². The van der Waals surface area contributed by atoms with Crippen LogP contribution in [0.5, 0.6) is 0 Å². The molecular formula is C20H30Cl2F3N3O2. The molecule has 4 rings (SSSR count). The third-order valence-corrected chi connectivity index (χ3v) is 9.20. The number of amides is 1. The van der Waals surface area contributed by atoms with Crippen molar-refractivity contribution in [2.75, 3.05) is 26.2 Å². The van der Waals surface area contributed by atoms with Gasteiger partial charge in [-0.2, -0.15) is 13.2 Å². The molecule has 0 radical (unpaired) electrons. The van der Waals surface area contributed by atoms with E-state index in [0.717, 1.165) is 6.42 Å². The molecule has 3 heterocycles. The van der Waals surface area contributed by atoms with Crippen LogP contribution in [0.3, 0.4) is 0 Å². The van der Waals surface area contributed by atoms with Crippen molar-refractivity contribution in [1.29, 1.82) is 0 Å². The molecule has 1 amide bonds. The second-order valence-corrected chi connectivity index (χ2v) is 10.5. The first kappa shape index (κ1) is 22.9. The molecule has 9 unspecified atom stereocenters. The standard InChI is InChI=1S/C20H30Cl2F3N3O2/c1-9-16-14(2-3-28(9)15(30)8-29)27-19-17(16)12(5-13(21)18(19)22)10-4-11(7-26-6-10)20(23,24)25/h9-14,16-19,26-27,29H,2-8H2,1H3/t9-,10?,11?,12?,13?,14?,16?,17?,18?,19?/m0/s1. The topological polar surface area (TPSA) is 64.6 Å². The van der Waals surface area contributed by atoms with Gasteiger partial charge in [-0.15, -0.1) is 23.2 Å². The second-order valence-electron chi connectivity index (χ2n) is 9.48. The Balaban J connectivity index is 1.62. The summed E-state index contributed by atoms with van der Waals surface area (Å²) in [6.07, 6.45) is -2.79. The zero-order chi connectivity index (χ0) is 21.8. The maximum Gasteiger partial charge on any atom is 0.393 e. The van der Waals surface area contributed by atoms with Crippen molar-refractivity contribution in [2.24, 2.45) is 29.6 Å². The monoisotopic (exact) mass is 471 g/mol. The highest BCUT2D eigenvalue weighted by Crippen LogP contribution is 2.52. The zero-order valence-corrected chi connectivity index (χ0v) is 18.4. The van der Waals surface area contributed by atoms with Gasteiger partial charge in [0.25, 0.3) is 0 Å². The first-order valence-corrected chi connectivity index (χ1v) is 11.7. The Kier molecular flexibility index (Phi) is 6.55. The lowest BCUT2D eigenvalue weighted by Gasteiger charge is -2.50. The van der Waals surface area contributed by atoms with Crippen molar-refractivity contribution in [2.45, 2.75) is 61.2 Å². The number of carbonyl (C=O) groups excluding carboxylic acids is 1. The Bertz CT molecular complexity index is 655. The number of likely N-dealkylation sites (tertiary alicyclic amines) is 1. The summed E-state index contributed by atoms with van der Waals surface area (Å²) in [6.45, 7) is 2.51. The Labute approximate surface area is 185 Å². The Hall–Kier alpha value is -0.280. The molecule has 4 fully saturated rings. The minimum absolute atomic E-state index is 0.000668. The van der Waals surface area contributed by atoms with Crippen LogP contribution in [0, 0.1) is 29.6 Å². The fraction of sp³-hybridized carbons (Fsp3) is 0.950. The molecule has 4 aliphatic rings. The quantitative estimate of drug-likeness (QED) is 0.540. The van der Waals surface area contributed by atoms with Gasteiger partial charge in [-0.3, -0.25) is 4.79 Å². The lowest BCUT2D eigenvalue weighted by atomic mass is 9.62. The number of aliphatic hydroxyl groups is 1. The van der Waals surface area contributed by atoms with Crippen molar-refractivity contribution in [3.63, 3.8) is 0 Å². The Morgan fingerprint density at radius 3 is 2.60 bits per heavy atom. The first-order chi connectivity index (χ1) is 14.1. The summed E-state index contributed by atoms with van der Waals surface area (Å²) in [5.74, 6) is -1.65. The number of hydrogen-bond acceptors (Lipinski definition) is 4. The Morgan fingerprint density at radius 1 is 1.20 bits per heavy atom. The lowest BCUT2D eigenvalue weighted by molar-refractivity contribution is -0.184. The van der Waals surface area contributed by atoms with Crippen LogP contribution in [0.25, 0.3) is 0 Å². The number of halogens is 5. The molecule has 3 saturated heterocycles. The van der Waals surface area contributed by atoms with Crippen molar-refractivity contribution < 1.29 is 23.1 Å². The molecule has 0 spiro atoms. The first-order valence-electron chi connectivity index (χ1n) is 10.9. The van der Waals surface area contributed by atoms with Crippen molar-refractivity contribution >= 4 is 29.1 Å². The second kappa shape index (κ2) is 8.58. The largest absolute Gasteiger partial charge is 0.393 e. The van der Waals surface area contributed by atoms with Gasteiger partial charge >= 0.3 is 6.18 Å². The van der Waals surface area contributed by atoms with E-state index >= 15 is 0 Å². The van der Waals surface area contributed by atoms with Crippen molar-refractivity contribution in [3.05, 3.63) is 0 Å². The van der Waals surface area contributed by atoms with Crippen LogP contribution in [0.4, 0.5) is 13.2 Å². The van der Waals surface area contributed by atoms with Crippen LogP contribution in [0.1, 0.15) is 26.2 Å². The van der Waals surface area contributed by atoms with Crippen LogP contribution >= 0.6 is 23.2 Å². The van der Waals surface area contributed by atoms with E-state index in [-0.39, 0.29) is 71.4 Å². The number of alkyl halides is 5. The van der Waals surface area contributed by atoms with Crippen LogP contribution < -0.4 is 10.6 Å². The van der Waals surface area contributed by atoms with Crippen molar-refractivity contribution in [1.82, 2.24) is 15.5 Å². The SMILES string of the molecule is C[C@H]1C2C(CCN1C(=O)CO)NC1C(Cl)C(Cl)CC(C3CNCC(C(F)(F)F)C3)C12. The third kappa shape index (κ3) is 3.96. The van der Waals surface area contributed by atoms with E-state index in [1.165, 1.54) is 0 Å². The Morgan fingerprint density at radius 2 is 1.93 bits per heavy atom. The normalized spacial score (nSPS) is 47.0. The maximum atomic E-state index is 13.4. The van der Waals surface area contributed by atoms with Crippen molar-refractivity contribution in [3.8, 4) is 0 Å². The fourth-order valence-corrected chi connectivity index (χ4v) is 7.43. The molecule has 0 aromatic rings. The third-order valence-electron chi connectivity index (χ3n) is 8.05. The highest BCUT2D eigenvalue weighted by molar-refractivity contribution is 6.30. The molecule has 5 nitrogen and oxygen atoms in total. The van der Waals surface area contributed by atoms with Crippen LogP contribution in [0.2, 0.25) is 0 Å². The predicted molar refractivity (Wildman–Crippen MR) is 108 cm³/mol. The highest BCUT2D eigenvalue weighted by Gasteiger charge is 2.59. The highest BCUT2D eigenvalue weighted by atomic mass is 35.5. The molecule has 3 aliphatic heterocycles. The minimum atomic E-state index is -4.21. The van der Waals surface area contributed by atoms with Gasteiger partial charge in [-0.05, 0) is 56.4 Å². The molecule has 3 N–H and O–H groups in total. The van der Waals surface area contributed by atoms with E-state index in [1.807, 2.05) is 6.92 Å². The zero-order valence-electron chi connectivity index (χ0n) is 16.9. The molecule has 0 aromatic heterocycles. The number of piperidine rings is 2. The van der Waals surface area contributed by atoms with Gasteiger partial charge in [0.2, 0.25) is 5.91 Å². The van der Waals surface area contributed by atoms with Gasteiger partial charge in [0.1, 0.15) is 6.61 Å². The van der Waals surface area contributed by atoms with E-state index in [9.17, 15) is 23.1 Å². The molecule has 30 heavy (non-hydrogen) atoms. The number of hydrogen-bond donors (Lipinski definition) is 3. The van der Waals surface area contributed by atoms with E-state index < -0.39 is 18.7 Å². The van der Waals surface area contributed by atoms with E-state index in [1.54, 1.807) is 4.90 Å². The molecule has 10 heteroatoms. The minimum Gasteiger partial charge on any atom is -0.387 e. The average molecular weight is 472 g/mol. The number of carbonyl (C=O) groups is 1. The summed E-state index contributed by atoms with van der Waals surface area (Å²) < 4.78 is 40.3. The summed E-state index contributed by atoms with van der Waals surface area (Å²) in [4.78, 5) is 14.0. The summed E-state index contributed by atoms with van der Waals surface area (Å²) in [6, 6.07) is -0.0432. The molecular weight excluding hydrogens is 442 g/mol. The molecule has 1 saturated carbocycles. The number of rotatable bonds is 2. The number of nitrogens with one attached hydrogen (secondary N) is 2. The van der Waals surface area contributed by atoms with Gasteiger partial charge in [-0.1, -0.05) is 0 Å². The average Bonchev–Trinajstić information content (AvgIpc) is 3.10. The van der Waals surface area contributed by atoms with E-state index in [0.29, 0.717) is 19.5 Å². The fourth-order valence-electron chi connectivity index (χ4n) is 6.73. The molecule has 0 bridgehead atoms. The molecule has 0 aromatic carbocycles. The van der Waals surface area contributed by atoms with Gasteiger partial charge in [-0.25, -0.2) is 0 Å². The van der Waals surface area contributed by atoms with E-state index in [4.69, 9.17) is 23.2 Å². The van der Waals surface area contributed by atoms with Gasteiger partial charge in [0.05, 0.1) is 16.7 Å². The lowest BCUT2D eigenvalue weighted by Crippen LogP contribution is -2.57. The molecule has 172 valence electrons. The summed E-state index contributed by atoms with van der Waals surface area (Å²) in [5, 5.41) is 15.4. The summed E-state index contributed by atoms with van der Waals surface area (Å²) in [5.41, 5.74) is 0. The van der Waals surface area contributed by atoms with Gasteiger partial charge in [0, 0.05) is 31.2 Å². The number of nitrogens with zero attached hydrogens (tertiary/aromatic N) is 1. The summed E-state index contributed by atoms with van der Waals surface area (Å²) >= 11 is 13.3. The van der Waals surface area contributed by atoms with E-state index in [2.05, 4.69) is 10.6 Å². The van der Waals surface area contributed by atoms with Crippen LogP contribution in [-0.4, -0.2) is 77.2 Å². The number of aliphatic hydroxyl groups excluding tert-OH is 1. The van der Waals surface area contributed by atoms with Crippen LogP contribution in [0.15, 0.2) is 0 Å². The molecule has 1 aliphatic carbocycles. The number of fused-ring (bicyclic) bond motifs is 3. The summed E-state index contributed by atoms with van der Waals surface area (Å²) in [7, 11) is 0. The van der Waals surface area contributed by atoms with Crippen LogP contribution in [-0.2, 0) is 4.79 Å².